The molecular weight excluding hydrogens is 368 g/mol. The second kappa shape index (κ2) is 8.22. The first kappa shape index (κ1) is 20.0. The summed E-state index contributed by atoms with van der Waals surface area (Å²) in [5, 5.41) is 0. The van der Waals surface area contributed by atoms with Gasteiger partial charge in [-0.25, -0.2) is 13.6 Å². The third kappa shape index (κ3) is 4.64. The van der Waals surface area contributed by atoms with Gasteiger partial charge in [-0.1, -0.05) is 0 Å². The Morgan fingerprint density at radius 1 is 1.04 bits per heavy atom. The van der Waals surface area contributed by atoms with E-state index in [1.165, 1.54) is 0 Å². The largest absolute Gasteiger partial charge is 0.370 e. The third-order valence-electron chi connectivity index (χ3n) is 6.87. The molecule has 4 fully saturated rings. The van der Waals surface area contributed by atoms with Gasteiger partial charge in [-0.2, -0.15) is 0 Å². The Labute approximate surface area is 165 Å². The smallest absolute Gasteiger partial charge is 0.320 e. The third-order valence-corrected chi connectivity index (χ3v) is 6.87. The molecule has 0 aromatic rings. The van der Waals surface area contributed by atoms with Gasteiger partial charge in [0.25, 0.3) is 5.92 Å². The fourth-order valence-electron chi connectivity index (χ4n) is 5.09. The zero-order chi connectivity index (χ0) is 19.7. The van der Waals surface area contributed by atoms with Gasteiger partial charge in [-0.3, -0.25) is 4.79 Å². The van der Waals surface area contributed by atoms with Crippen LogP contribution in [0.5, 0.6) is 0 Å². The summed E-state index contributed by atoms with van der Waals surface area (Å²) in [7, 11) is 0. The number of Topliss-reactive ketones (excluding diaryl/α,β-unsaturated/α-hetero) is 1. The van der Waals surface area contributed by atoms with Crippen molar-refractivity contribution < 1.29 is 23.1 Å². The standard InChI is InChI=1S/C20H31F2N3O3/c21-20(22)4-9-23(10-5-20)12-15-1-6-24(7-2-15)19(27)25-8-3-18-16(13-25)11-17(26)14-28-18/h15-16,18H,1-14H2/t16-,18+/m1/s1. The van der Waals surface area contributed by atoms with Crippen molar-refractivity contribution in [3.05, 3.63) is 0 Å². The summed E-state index contributed by atoms with van der Waals surface area (Å²) in [6.07, 6.45) is 3.23. The number of likely N-dealkylation sites (tertiary alicyclic amines) is 3. The van der Waals surface area contributed by atoms with Crippen LogP contribution in [0.4, 0.5) is 13.6 Å². The van der Waals surface area contributed by atoms with Gasteiger partial charge in [0.15, 0.2) is 5.78 Å². The molecule has 0 spiro atoms. The van der Waals surface area contributed by atoms with Crippen molar-refractivity contribution in [3.8, 4) is 0 Å². The number of urea groups is 1. The molecule has 6 nitrogen and oxygen atoms in total. The monoisotopic (exact) mass is 399 g/mol. The van der Waals surface area contributed by atoms with Crippen molar-refractivity contribution in [2.45, 2.75) is 50.6 Å². The number of alkyl halides is 2. The second-order valence-electron chi connectivity index (χ2n) is 8.96. The first-order chi connectivity index (χ1) is 13.4. The van der Waals surface area contributed by atoms with Gasteiger partial charge in [0.2, 0.25) is 0 Å². The molecular formula is C20H31F2N3O3. The number of hydrogen-bond acceptors (Lipinski definition) is 4. The molecule has 4 rings (SSSR count). The lowest BCUT2D eigenvalue weighted by molar-refractivity contribution is -0.140. The van der Waals surface area contributed by atoms with E-state index in [2.05, 4.69) is 4.90 Å². The highest BCUT2D eigenvalue weighted by molar-refractivity contribution is 5.81. The van der Waals surface area contributed by atoms with Crippen LogP contribution >= 0.6 is 0 Å². The molecule has 28 heavy (non-hydrogen) atoms. The summed E-state index contributed by atoms with van der Waals surface area (Å²) >= 11 is 0. The molecule has 0 aromatic carbocycles. The van der Waals surface area contributed by atoms with Crippen LogP contribution in [0.1, 0.15) is 38.5 Å². The van der Waals surface area contributed by atoms with E-state index in [4.69, 9.17) is 4.74 Å². The highest BCUT2D eigenvalue weighted by Crippen LogP contribution is 2.30. The molecule has 4 saturated heterocycles. The van der Waals surface area contributed by atoms with Crippen LogP contribution in [0, 0.1) is 11.8 Å². The molecule has 8 heteroatoms. The minimum atomic E-state index is -2.49. The summed E-state index contributed by atoms with van der Waals surface area (Å²) in [5.74, 6) is -1.75. The number of hydrogen-bond donors (Lipinski definition) is 0. The number of carbonyl (C=O) groups is 2. The molecule has 2 amide bonds. The lowest BCUT2D eigenvalue weighted by Gasteiger charge is -2.43. The molecule has 0 radical (unpaired) electrons. The number of ether oxygens (including phenoxy) is 1. The fourth-order valence-corrected chi connectivity index (χ4v) is 5.09. The maximum absolute atomic E-state index is 13.3. The van der Waals surface area contributed by atoms with Crippen LogP contribution in [0.2, 0.25) is 0 Å². The number of carbonyl (C=O) groups excluding carboxylic acids is 2. The number of ketones is 1. The van der Waals surface area contributed by atoms with Gasteiger partial charge in [0, 0.05) is 71.0 Å². The minimum Gasteiger partial charge on any atom is -0.370 e. The number of rotatable bonds is 2. The van der Waals surface area contributed by atoms with Crippen molar-refractivity contribution in [2.75, 3.05) is 52.4 Å². The van der Waals surface area contributed by atoms with Crippen molar-refractivity contribution >= 4 is 11.8 Å². The Balaban J connectivity index is 1.21. The lowest BCUT2D eigenvalue weighted by Crippen LogP contribution is -2.55. The van der Waals surface area contributed by atoms with Crippen LogP contribution in [0.15, 0.2) is 0 Å². The number of amides is 2. The van der Waals surface area contributed by atoms with Crippen molar-refractivity contribution in [2.24, 2.45) is 11.8 Å². The van der Waals surface area contributed by atoms with Gasteiger partial charge in [-0.15, -0.1) is 0 Å². The Bertz CT molecular complexity index is 585. The number of nitrogens with zero attached hydrogens (tertiary/aromatic N) is 3. The fraction of sp³-hybridized carbons (Fsp3) is 0.900. The molecule has 0 N–H and O–H groups in total. The van der Waals surface area contributed by atoms with Gasteiger partial charge < -0.3 is 19.4 Å². The predicted octanol–water partition coefficient (Wildman–Crippen LogP) is 2.23. The first-order valence-corrected chi connectivity index (χ1v) is 10.7. The molecule has 4 aliphatic heterocycles. The first-order valence-electron chi connectivity index (χ1n) is 10.7. The topological polar surface area (TPSA) is 53.1 Å². The van der Waals surface area contributed by atoms with Gasteiger partial charge in [0.1, 0.15) is 6.61 Å². The summed E-state index contributed by atoms with van der Waals surface area (Å²) in [4.78, 5) is 30.5. The van der Waals surface area contributed by atoms with Crippen LogP contribution in [-0.2, 0) is 9.53 Å². The van der Waals surface area contributed by atoms with Crippen molar-refractivity contribution in [1.82, 2.24) is 14.7 Å². The molecule has 2 atom stereocenters. The zero-order valence-electron chi connectivity index (χ0n) is 16.5. The van der Waals surface area contributed by atoms with Crippen LogP contribution < -0.4 is 0 Å². The molecule has 4 aliphatic rings. The van der Waals surface area contributed by atoms with E-state index in [0.717, 1.165) is 38.9 Å². The van der Waals surface area contributed by atoms with E-state index in [9.17, 15) is 18.4 Å². The number of halogens is 2. The van der Waals surface area contributed by atoms with Gasteiger partial charge in [-0.05, 0) is 25.2 Å². The molecule has 0 aromatic heterocycles. The van der Waals surface area contributed by atoms with E-state index in [-0.39, 0.29) is 43.3 Å². The van der Waals surface area contributed by atoms with Gasteiger partial charge >= 0.3 is 6.03 Å². The van der Waals surface area contributed by atoms with Crippen molar-refractivity contribution in [1.29, 1.82) is 0 Å². The van der Waals surface area contributed by atoms with E-state index in [0.29, 0.717) is 38.5 Å². The highest BCUT2D eigenvalue weighted by Gasteiger charge is 2.39. The van der Waals surface area contributed by atoms with E-state index in [1.807, 2.05) is 9.80 Å². The van der Waals surface area contributed by atoms with Crippen LogP contribution in [-0.4, -0.2) is 91.0 Å². The maximum Gasteiger partial charge on any atom is 0.320 e. The van der Waals surface area contributed by atoms with E-state index >= 15 is 0 Å². The Morgan fingerprint density at radius 2 is 1.71 bits per heavy atom. The maximum atomic E-state index is 13.3. The highest BCUT2D eigenvalue weighted by atomic mass is 19.3. The van der Waals surface area contributed by atoms with Gasteiger partial charge in [0.05, 0.1) is 6.10 Å². The normalized spacial score (nSPS) is 32.3. The average molecular weight is 399 g/mol. The quantitative estimate of drug-likeness (QED) is 0.715. The number of fused-ring (bicyclic) bond motifs is 1. The molecule has 0 saturated carbocycles. The van der Waals surface area contributed by atoms with Crippen LogP contribution in [0.3, 0.4) is 0 Å². The summed E-state index contributed by atoms with van der Waals surface area (Å²) in [6, 6.07) is 0.0764. The molecule has 0 unspecified atom stereocenters. The second-order valence-corrected chi connectivity index (χ2v) is 8.96. The zero-order valence-corrected chi connectivity index (χ0v) is 16.5. The Kier molecular flexibility index (Phi) is 5.88. The summed E-state index contributed by atoms with van der Waals surface area (Å²) in [5.41, 5.74) is 0. The SMILES string of the molecule is O=C1CO[C@H]2CCN(C(=O)N3CCC(CN4CCC(F)(F)CC4)CC3)C[C@H]2C1. The summed E-state index contributed by atoms with van der Waals surface area (Å²) in [6.45, 7) is 4.79. The van der Waals surface area contributed by atoms with E-state index < -0.39 is 5.92 Å². The Hall–Kier alpha value is -1.28. The molecule has 0 bridgehead atoms. The Morgan fingerprint density at radius 3 is 2.43 bits per heavy atom. The summed E-state index contributed by atoms with van der Waals surface area (Å²) < 4.78 is 32.2. The van der Waals surface area contributed by atoms with E-state index in [1.54, 1.807) is 0 Å². The molecule has 0 aliphatic carbocycles. The van der Waals surface area contributed by atoms with Crippen molar-refractivity contribution in [3.63, 3.8) is 0 Å². The molecule has 4 heterocycles. The lowest BCUT2D eigenvalue weighted by atomic mass is 9.88. The predicted molar refractivity (Wildman–Crippen MR) is 99.4 cm³/mol. The number of piperidine rings is 3. The van der Waals surface area contributed by atoms with Crippen LogP contribution in [0.25, 0.3) is 0 Å². The minimum absolute atomic E-state index is 0.0341. The average Bonchev–Trinajstić information content (AvgIpc) is 2.69. The molecule has 158 valence electrons.